The number of rotatable bonds is 9. The molecule has 1 unspecified atom stereocenters. The van der Waals surface area contributed by atoms with E-state index in [2.05, 4.69) is 19.2 Å². The number of nitrogens with zero attached hydrogens (tertiary/aromatic N) is 1. The predicted molar refractivity (Wildman–Crippen MR) is 156 cm³/mol. The summed E-state index contributed by atoms with van der Waals surface area (Å²) in [5, 5.41) is 14.5. The Balaban J connectivity index is 1.97. The number of hydrogen-bond acceptors (Lipinski definition) is 6. The Kier molecular flexibility index (Phi) is 10.2. The van der Waals surface area contributed by atoms with Gasteiger partial charge in [0.1, 0.15) is 17.3 Å². The van der Waals surface area contributed by atoms with Gasteiger partial charge in [0, 0.05) is 13.0 Å². The molecular formula is C32H52N2O6. The highest BCUT2D eigenvalue weighted by molar-refractivity contribution is 5.68. The molecule has 2 saturated carbocycles. The van der Waals surface area contributed by atoms with Crippen LogP contribution in [0.4, 0.5) is 9.59 Å². The van der Waals surface area contributed by atoms with E-state index < -0.39 is 47.7 Å². The third-order valence-corrected chi connectivity index (χ3v) is 8.21. The van der Waals surface area contributed by atoms with Crippen LogP contribution in [0.1, 0.15) is 93.2 Å². The van der Waals surface area contributed by atoms with Crippen molar-refractivity contribution in [2.24, 2.45) is 23.7 Å². The number of fused-ring (bicyclic) bond motifs is 2. The molecule has 226 valence electrons. The smallest absolute Gasteiger partial charge is 0.410 e. The van der Waals surface area contributed by atoms with Crippen LogP contribution in [0.15, 0.2) is 30.3 Å². The van der Waals surface area contributed by atoms with Crippen molar-refractivity contribution in [3.63, 3.8) is 0 Å². The van der Waals surface area contributed by atoms with E-state index in [-0.39, 0.29) is 23.8 Å². The highest BCUT2D eigenvalue weighted by atomic mass is 16.6. The number of carbonyl (C=O) groups is 2. The maximum Gasteiger partial charge on any atom is 0.410 e. The number of benzene rings is 1. The van der Waals surface area contributed by atoms with Crippen LogP contribution in [-0.2, 0) is 14.2 Å². The van der Waals surface area contributed by atoms with Gasteiger partial charge in [0.15, 0.2) is 0 Å². The lowest BCUT2D eigenvalue weighted by Crippen LogP contribution is -2.57. The molecule has 8 nitrogen and oxygen atoms in total. The lowest BCUT2D eigenvalue weighted by Gasteiger charge is -2.43. The fourth-order valence-electron chi connectivity index (χ4n) is 6.29. The molecule has 0 saturated heterocycles. The second-order valence-electron chi connectivity index (χ2n) is 14.1. The van der Waals surface area contributed by atoms with Crippen molar-refractivity contribution >= 4 is 12.2 Å². The van der Waals surface area contributed by atoms with Gasteiger partial charge in [0.25, 0.3) is 0 Å². The molecule has 0 aromatic heterocycles. The number of aliphatic hydroxyl groups is 1. The average molecular weight is 561 g/mol. The number of ether oxygens (including phenoxy) is 3. The van der Waals surface area contributed by atoms with E-state index in [9.17, 15) is 14.7 Å². The Hall–Kier alpha value is -2.32. The molecule has 0 heterocycles. The van der Waals surface area contributed by atoms with Crippen molar-refractivity contribution in [2.45, 2.75) is 123 Å². The number of carbonyl (C=O) groups excluding carboxylic acids is 2. The predicted octanol–water partition coefficient (Wildman–Crippen LogP) is 6.32. The fraction of sp³-hybridized carbons (Fsp3) is 0.750. The van der Waals surface area contributed by atoms with Crippen molar-refractivity contribution in [3.8, 4) is 0 Å². The molecule has 40 heavy (non-hydrogen) atoms. The van der Waals surface area contributed by atoms with Crippen LogP contribution in [-0.4, -0.2) is 64.7 Å². The molecule has 3 rings (SSSR count). The summed E-state index contributed by atoms with van der Waals surface area (Å²) in [4.78, 5) is 27.8. The summed E-state index contributed by atoms with van der Waals surface area (Å²) < 4.78 is 18.3. The molecule has 2 aliphatic carbocycles. The standard InChI is InChI=1S/C32H52N2O6/c1-19(2)27(25(33-29(36)39-31(4,5)6)24-22-16-17-23(18-22)26(24)35)38-28(21-14-12-11-13-15-21)20(3)34(10)30(37)40-32(7,8)9/h11-15,19-20,22-28,35H,16-18H2,1-10H3,(H,33,36)/t20-,22-,23+,24-,25?,26-,27+,28-/m0/s1. The Morgan fingerprint density at radius 3 is 2.02 bits per heavy atom. The number of alkyl carbamates (subject to hydrolysis) is 1. The number of likely N-dealkylation sites (N-methyl/N-ethyl adjacent to an activating group) is 1. The molecule has 0 spiro atoms. The van der Waals surface area contributed by atoms with Gasteiger partial charge >= 0.3 is 12.2 Å². The van der Waals surface area contributed by atoms with Crippen molar-refractivity contribution in [1.29, 1.82) is 0 Å². The molecule has 8 atom stereocenters. The van der Waals surface area contributed by atoms with E-state index >= 15 is 0 Å². The maximum atomic E-state index is 13.1. The van der Waals surface area contributed by atoms with Gasteiger partial charge in [-0.05, 0) is 91.0 Å². The van der Waals surface area contributed by atoms with E-state index in [1.165, 1.54) is 0 Å². The Morgan fingerprint density at radius 2 is 1.52 bits per heavy atom. The molecule has 2 bridgehead atoms. The Labute approximate surface area is 241 Å². The van der Waals surface area contributed by atoms with Crippen LogP contribution in [0.5, 0.6) is 0 Å². The molecule has 2 amide bonds. The average Bonchev–Trinajstić information content (AvgIpc) is 3.42. The van der Waals surface area contributed by atoms with E-state index in [0.29, 0.717) is 5.92 Å². The number of nitrogens with one attached hydrogen (secondary N) is 1. The molecule has 8 heteroatoms. The topological polar surface area (TPSA) is 97.3 Å². The van der Waals surface area contributed by atoms with Gasteiger partial charge in [-0.15, -0.1) is 0 Å². The van der Waals surface area contributed by atoms with Crippen LogP contribution < -0.4 is 5.32 Å². The molecule has 2 N–H and O–H groups in total. The van der Waals surface area contributed by atoms with Crippen LogP contribution in [0.3, 0.4) is 0 Å². The highest BCUT2D eigenvalue weighted by Gasteiger charge is 2.53. The monoisotopic (exact) mass is 560 g/mol. The zero-order chi connectivity index (χ0) is 30.0. The second-order valence-corrected chi connectivity index (χ2v) is 14.1. The van der Waals surface area contributed by atoms with Crippen LogP contribution >= 0.6 is 0 Å². The summed E-state index contributed by atoms with van der Waals surface area (Å²) in [5.41, 5.74) is -0.372. The lowest BCUT2D eigenvalue weighted by atomic mass is 9.77. The summed E-state index contributed by atoms with van der Waals surface area (Å²) in [6.45, 7) is 17.1. The maximum absolute atomic E-state index is 13.1. The van der Waals surface area contributed by atoms with E-state index in [0.717, 1.165) is 24.8 Å². The SMILES string of the molecule is CC(C)[C@@H](O[C@H](c1ccccc1)[C@H](C)N(C)C(=O)OC(C)(C)C)C(NC(=O)OC(C)(C)C)[C@@H]1[C@H]2CC[C@H](C2)[C@@H]1O. The molecule has 2 aliphatic rings. The minimum atomic E-state index is -0.659. The number of amides is 2. The second kappa shape index (κ2) is 12.7. The number of aliphatic hydroxyl groups excluding tert-OH is 1. The minimum Gasteiger partial charge on any atom is -0.444 e. The van der Waals surface area contributed by atoms with Crippen LogP contribution in [0, 0.1) is 23.7 Å². The van der Waals surface area contributed by atoms with Crippen LogP contribution in [0.25, 0.3) is 0 Å². The third kappa shape index (κ3) is 8.12. The van der Waals surface area contributed by atoms with Crippen LogP contribution in [0.2, 0.25) is 0 Å². The molecule has 0 radical (unpaired) electrons. The fourth-order valence-corrected chi connectivity index (χ4v) is 6.29. The molecular weight excluding hydrogens is 508 g/mol. The Morgan fingerprint density at radius 1 is 0.950 bits per heavy atom. The van der Waals surface area contributed by atoms with Gasteiger partial charge in [-0.25, -0.2) is 9.59 Å². The van der Waals surface area contributed by atoms with Gasteiger partial charge in [0.05, 0.1) is 24.3 Å². The molecule has 0 aliphatic heterocycles. The summed E-state index contributed by atoms with van der Waals surface area (Å²) >= 11 is 0. The van der Waals surface area contributed by atoms with Gasteiger partial charge in [-0.3, -0.25) is 0 Å². The van der Waals surface area contributed by atoms with Gasteiger partial charge in [-0.2, -0.15) is 0 Å². The number of hydrogen-bond donors (Lipinski definition) is 2. The van der Waals surface area contributed by atoms with Crippen molar-refractivity contribution in [1.82, 2.24) is 10.2 Å². The quantitative estimate of drug-likeness (QED) is 0.367. The normalized spacial score (nSPS) is 25.7. The zero-order valence-electron chi connectivity index (χ0n) is 26.1. The first kappa shape index (κ1) is 32.2. The largest absolute Gasteiger partial charge is 0.444 e. The van der Waals surface area contributed by atoms with Gasteiger partial charge in [0.2, 0.25) is 0 Å². The Bertz CT molecular complexity index is 983. The first-order chi connectivity index (χ1) is 18.5. The molecule has 1 aromatic carbocycles. The van der Waals surface area contributed by atoms with Crippen molar-refractivity contribution in [2.75, 3.05) is 7.05 Å². The van der Waals surface area contributed by atoms with Gasteiger partial charge in [-0.1, -0.05) is 44.2 Å². The van der Waals surface area contributed by atoms with E-state index in [1.807, 2.05) is 78.8 Å². The third-order valence-electron chi connectivity index (χ3n) is 8.21. The van der Waals surface area contributed by atoms with Crippen molar-refractivity contribution < 1.29 is 28.9 Å². The zero-order valence-corrected chi connectivity index (χ0v) is 26.1. The minimum absolute atomic E-state index is 0.00323. The molecule has 2 fully saturated rings. The summed E-state index contributed by atoms with van der Waals surface area (Å²) in [6.07, 6.45) is 0.581. The molecule has 1 aromatic rings. The van der Waals surface area contributed by atoms with E-state index in [4.69, 9.17) is 14.2 Å². The van der Waals surface area contributed by atoms with Crippen molar-refractivity contribution in [3.05, 3.63) is 35.9 Å². The summed E-state index contributed by atoms with van der Waals surface area (Å²) in [7, 11) is 1.72. The van der Waals surface area contributed by atoms with E-state index in [1.54, 1.807) is 11.9 Å². The highest BCUT2D eigenvalue weighted by Crippen LogP contribution is 2.51. The lowest BCUT2D eigenvalue weighted by molar-refractivity contribution is -0.107. The summed E-state index contributed by atoms with van der Waals surface area (Å²) in [5.74, 6) is 0.403. The summed E-state index contributed by atoms with van der Waals surface area (Å²) in [6, 6.07) is 8.98. The van der Waals surface area contributed by atoms with Gasteiger partial charge < -0.3 is 29.5 Å². The first-order valence-electron chi connectivity index (χ1n) is 14.8. The first-order valence-corrected chi connectivity index (χ1v) is 14.8.